The van der Waals surface area contributed by atoms with Crippen LogP contribution in [-0.2, 0) is 20.7 Å². The monoisotopic (exact) mass is 361 g/mol. The molecule has 134 valence electrons. The third-order valence-corrected chi connectivity index (χ3v) is 5.13. The van der Waals surface area contributed by atoms with Crippen molar-refractivity contribution < 1.29 is 14.3 Å². The summed E-state index contributed by atoms with van der Waals surface area (Å²) in [6.07, 6.45) is 2.78. The normalized spacial score (nSPS) is 14.6. The highest BCUT2D eigenvalue weighted by atomic mass is 32.2. The minimum atomic E-state index is -0.0281. The Labute approximate surface area is 151 Å². The van der Waals surface area contributed by atoms with Crippen molar-refractivity contribution >= 4 is 34.5 Å². The van der Waals surface area contributed by atoms with Crippen LogP contribution in [0.15, 0.2) is 30.5 Å². The number of H-pyrrole nitrogens is 1. The lowest BCUT2D eigenvalue weighted by Crippen LogP contribution is -2.41. The quantitative estimate of drug-likeness (QED) is 0.782. The molecule has 0 aliphatic carbocycles. The molecule has 0 spiro atoms. The van der Waals surface area contributed by atoms with Crippen LogP contribution in [0.2, 0.25) is 0 Å². The number of para-hydroxylation sites is 1. The average Bonchev–Trinajstić information content (AvgIpc) is 3.06. The van der Waals surface area contributed by atoms with E-state index < -0.39 is 0 Å². The second-order valence-corrected chi connectivity index (χ2v) is 6.93. The summed E-state index contributed by atoms with van der Waals surface area (Å²) < 4.78 is 5.23. The summed E-state index contributed by atoms with van der Waals surface area (Å²) in [7, 11) is 0. The lowest BCUT2D eigenvalue weighted by molar-refractivity contribution is -0.132. The zero-order valence-corrected chi connectivity index (χ0v) is 14.9. The number of aromatic nitrogens is 1. The van der Waals surface area contributed by atoms with E-state index >= 15 is 0 Å². The number of amides is 2. The van der Waals surface area contributed by atoms with Crippen molar-refractivity contribution in [1.82, 2.24) is 15.2 Å². The molecule has 0 radical (unpaired) electrons. The van der Waals surface area contributed by atoms with Gasteiger partial charge in [0, 0.05) is 36.7 Å². The molecule has 1 aliphatic heterocycles. The van der Waals surface area contributed by atoms with Crippen molar-refractivity contribution in [2.45, 2.75) is 6.42 Å². The number of nitrogens with zero attached hydrogens (tertiary/aromatic N) is 1. The highest BCUT2D eigenvalue weighted by Crippen LogP contribution is 2.17. The molecule has 25 heavy (non-hydrogen) atoms. The van der Waals surface area contributed by atoms with Crippen LogP contribution in [0, 0.1) is 0 Å². The summed E-state index contributed by atoms with van der Waals surface area (Å²) in [5, 5.41) is 4.12. The summed E-state index contributed by atoms with van der Waals surface area (Å²) in [6.45, 7) is 3.10. The Balaban J connectivity index is 1.33. The molecule has 1 aromatic heterocycles. The zero-order valence-electron chi connectivity index (χ0n) is 14.1. The molecule has 1 aliphatic rings. The molecule has 2 heterocycles. The number of fused-ring (bicyclic) bond motifs is 1. The zero-order chi connectivity index (χ0) is 17.5. The highest BCUT2D eigenvalue weighted by Gasteiger charge is 2.16. The van der Waals surface area contributed by atoms with Crippen LogP contribution >= 0.6 is 11.8 Å². The van der Waals surface area contributed by atoms with Crippen LogP contribution in [0.25, 0.3) is 10.9 Å². The van der Waals surface area contributed by atoms with Gasteiger partial charge in [-0.1, -0.05) is 18.2 Å². The Morgan fingerprint density at radius 1 is 1.20 bits per heavy atom. The molecule has 7 heteroatoms. The van der Waals surface area contributed by atoms with Crippen molar-refractivity contribution in [2.75, 3.05) is 44.4 Å². The van der Waals surface area contributed by atoms with Crippen molar-refractivity contribution in [3.8, 4) is 0 Å². The number of ether oxygens (including phenoxy) is 1. The Kier molecular flexibility index (Phi) is 6.36. The van der Waals surface area contributed by atoms with Crippen molar-refractivity contribution in [3.05, 3.63) is 36.0 Å². The Morgan fingerprint density at radius 3 is 2.84 bits per heavy atom. The van der Waals surface area contributed by atoms with Crippen molar-refractivity contribution in [3.63, 3.8) is 0 Å². The number of carbonyl (C=O) groups excluding carboxylic acids is 2. The largest absolute Gasteiger partial charge is 0.378 e. The van der Waals surface area contributed by atoms with Crippen LogP contribution < -0.4 is 5.32 Å². The van der Waals surface area contributed by atoms with Crippen LogP contribution in [0.1, 0.15) is 5.56 Å². The van der Waals surface area contributed by atoms with Gasteiger partial charge in [-0.2, -0.15) is 0 Å². The van der Waals surface area contributed by atoms with E-state index in [2.05, 4.69) is 16.4 Å². The second-order valence-electron chi connectivity index (χ2n) is 5.95. The molecule has 0 saturated carbocycles. The van der Waals surface area contributed by atoms with Gasteiger partial charge in [0.2, 0.25) is 11.8 Å². The SMILES string of the molecule is O=C(CSCC(=O)N1CCOCC1)NCCc1c[nH]c2ccccc12. The third kappa shape index (κ3) is 4.99. The van der Waals surface area contributed by atoms with Crippen LogP contribution in [0.5, 0.6) is 0 Å². The van der Waals surface area contributed by atoms with Gasteiger partial charge < -0.3 is 19.9 Å². The lowest BCUT2D eigenvalue weighted by Gasteiger charge is -2.26. The van der Waals surface area contributed by atoms with Crippen molar-refractivity contribution in [2.24, 2.45) is 0 Å². The van der Waals surface area contributed by atoms with E-state index in [4.69, 9.17) is 4.74 Å². The number of hydrogen-bond donors (Lipinski definition) is 2. The number of rotatable bonds is 7. The van der Waals surface area contributed by atoms with E-state index in [0.717, 1.165) is 11.9 Å². The molecule has 0 atom stereocenters. The fraction of sp³-hybridized carbons (Fsp3) is 0.444. The standard InChI is InChI=1S/C18H23N3O3S/c22-17(12-25-13-18(23)21-7-9-24-10-8-21)19-6-5-14-11-20-16-4-2-1-3-15(14)16/h1-4,11,20H,5-10,12-13H2,(H,19,22). The topological polar surface area (TPSA) is 74.4 Å². The molecule has 1 saturated heterocycles. The third-order valence-electron chi connectivity index (χ3n) is 4.21. The summed E-state index contributed by atoms with van der Waals surface area (Å²) in [6, 6.07) is 8.13. The van der Waals surface area contributed by atoms with Gasteiger partial charge in [-0.25, -0.2) is 0 Å². The number of hydrogen-bond acceptors (Lipinski definition) is 4. The van der Waals surface area contributed by atoms with Gasteiger partial charge in [0.15, 0.2) is 0 Å². The van der Waals surface area contributed by atoms with Gasteiger partial charge in [0.05, 0.1) is 24.7 Å². The number of morpholine rings is 1. The van der Waals surface area contributed by atoms with Gasteiger partial charge in [-0.15, -0.1) is 11.8 Å². The molecule has 3 rings (SSSR count). The van der Waals surface area contributed by atoms with E-state index in [1.54, 1.807) is 4.90 Å². The first-order valence-electron chi connectivity index (χ1n) is 8.49. The van der Waals surface area contributed by atoms with Gasteiger partial charge in [-0.05, 0) is 18.1 Å². The molecule has 6 nitrogen and oxygen atoms in total. The van der Waals surface area contributed by atoms with Crippen molar-refractivity contribution in [1.29, 1.82) is 0 Å². The van der Waals surface area contributed by atoms with Crippen LogP contribution in [-0.4, -0.2) is 66.1 Å². The summed E-state index contributed by atoms with van der Waals surface area (Å²) in [4.78, 5) is 28.9. The minimum absolute atomic E-state index is 0.0281. The Bertz CT molecular complexity index is 725. The van der Waals surface area contributed by atoms with Gasteiger partial charge in [0.1, 0.15) is 0 Å². The summed E-state index contributed by atoms with van der Waals surface area (Å²) >= 11 is 1.36. The summed E-state index contributed by atoms with van der Waals surface area (Å²) in [5.74, 6) is 0.708. The fourth-order valence-electron chi connectivity index (χ4n) is 2.86. The van der Waals surface area contributed by atoms with E-state index in [0.29, 0.717) is 44.4 Å². The van der Waals surface area contributed by atoms with E-state index in [9.17, 15) is 9.59 Å². The summed E-state index contributed by atoms with van der Waals surface area (Å²) in [5.41, 5.74) is 2.31. The number of carbonyl (C=O) groups is 2. The van der Waals surface area contributed by atoms with Gasteiger partial charge >= 0.3 is 0 Å². The fourth-order valence-corrected chi connectivity index (χ4v) is 3.61. The predicted octanol–water partition coefficient (Wildman–Crippen LogP) is 1.42. The molecular weight excluding hydrogens is 338 g/mol. The van der Waals surface area contributed by atoms with Gasteiger partial charge in [0.25, 0.3) is 0 Å². The first kappa shape index (κ1) is 17.8. The minimum Gasteiger partial charge on any atom is -0.378 e. The molecule has 2 N–H and O–H groups in total. The lowest BCUT2D eigenvalue weighted by atomic mass is 10.1. The van der Waals surface area contributed by atoms with E-state index in [1.807, 2.05) is 24.4 Å². The number of nitrogens with one attached hydrogen (secondary N) is 2. The molecule has 1 fully saturated rings. The molecular formula is C18H23N3O3S. The maximum Gasteiger partial charge on any atom is 0.232 e. The highest BCUT2D eigenvalue weighted by molar-refractivity contribution is 8.00. The first-order valence-corrected chi connectivity index (χ1v) is 9.64. The molecule has 0 bridgehead atoms. The maximum atomic E-state index is 12.0. The number of aromatic amines is 1. The Morgan fingerprint density at radius 2 is 2.00 bits per heavy atom. The van der Waals surface area contributed by atoms with E-state index in [-0.39, 0.29) is 11.8 Å². The molecule has 0 unspecified atom stereocenters. The van der Waals surface area contributed by atoms with Crippen LogP contribution in [0.4, 0.5) is 0 Å². The van der Waals surface area contributed by atoms with Crippen LogP contribution in [0.3, 0.4) is 0 Å². The van der Waals surface area contributed by atoms with Gasteiger partial charge in [-0.3, -0.25) is 9.59 Å². The first-order chi connectivity index (χ1) is 12.2. The molecule has 2 amide bonds. The maximum absolute atomic E-state index is 12.0. The smallest absolute Gasteiger partial charge is 0.232 e. The molecule has 2 aromatic rings. The predicted molar refractivity (Wildman–Crippen MR) is 99.7 cm³/mol. The Hall–Kier alpha value is -1.99. The number of thioether (sulfide) groups is 1. The average molecular weight is 361 g/mol. The van der Waals surface area contributed by atoms with E-state index in [1.165, 1.54) is 22.7 Å². The number of benzene rings is 1. The second kappa shape index (κ2) is 8.92. The molecule has 1 aromatic carbocycles.